The number of fused-ring (bicyclic) bond motifs is 8. The van der Waals surface area contributed by atoms with Crippen LogP contribution in [-0.4, -0.2) is 9.13 Å². The molecule has 0 fully saturated rings. The van der Waals surface area contributed by atoms with Gasteiger partial charge in [0.1, 0.15) is 16.8 Å². The van der Waals surface area contributed by atoms with Gasteiger partial charge >= 0.3 is 0 Å². The molecule has 0 spiro atoms. The Morgan fingerprint density at radius 3 is 1.71 bits per heavy atom. The van der Waals surface area contributed by atoms with Gasteiger partial charge in [-0.15, -0.1) is 0 Å². The molecule has 0 saturated carbocycles. The molecule has 0 atom stereocenters. The molecule has 0 radical (unpaired) electrons. The van der Waals surface area contributed by atoms with E-state index in [-0.39, 0.29) is 0 Å². The highest BCUT2D eigenvalue weighted by molar-refractivity contribution is 6.23. The highest BCUT2D eigenvalue weighted by Crippen LogP contribution is 2.46. The number of para-hydroxylation sites is 5. The molecular weight excluding hydrogens is 587 g/mol. The standard InChI is InChI=1S/C44H29N3O/c1-4-15-30(16-5-1)45(39-24-14-26-41-43(39)35-22-11-13-25-40(35)48-41)33-27-28-38-36(29-33)42-34-21-10-12-23-37(34)46(31-17-6-2-7-18-31)44(42)47(38)32-19-8-3-9-20-32/h1-29H. The van der Waals surface area contributed by atoms with E-state index in [1.807, 2.05) is 12.1 Å². The second-order valence-corrected chi connectivity index (χ2v) is 12.2. The van der Waals surface area contributed by atoms with Crippen LogP contribution in [0.3, 0.4) is 0 Å². The number of hydrogen-bond donors (Lipinski definition) is 0. The lowest BCUT2D eigenvalue weighted by Crippen LogP contribution is -2.10. The van der Waals surface area contributed by atoms with Gasteiger partial charge in [-0.3, -0.25) is 9.13 Å². The average Bonchev–Trinajstić information content (AvgIpc) is 3.81. The molecule has 226 valence electrons. The molecule has 0 amide bonds. The van der Waals surface area contributed by atoms with Crippen LogP contribution in [-0.2, 0) is 0 Å². The van der Waals surface area contributed by atoms with E-state index in [0.29, 0.717) is 0 Å². The lowest BCUT2D eigenvalue weighted by atomic mass is 10.1. The van der Waals surface area contributed by atoms with Gasteiger partial charge in [0.05, 0.1) is 22.1 Å². The monoisotopic (exact) mass is 615 g/mol. The summed E-state index contributed by atoms with van der Waals surface area (Å²) in [5.74, 6) is 0. The number of nitrogens with zero attached hydrogens (tertiary/aromatic N) is 3. The van der Waals surface area contributed by atoms with Crippen LogP contribution in [0.5, 0.6) is 0 Å². The van der Waals surface area contributed by atoms with Crippen LogP contribution >= 0.6 is 0 Å². The third kappa shape index (κ3) is 3.90. The Hall–Kier alpha value is -6.52. The summed E-state index contributed by atoms with van der Waals surface area (Å²) in [6.45, 7) is 0. The molecule has 7 aromatic carbocycles. The van der Waals surface area contributed by atoms with E-state index in [1.54, 1.807) is 0 Å². The van der Waals surface area contributed by atoms with Crippen molar-refractivity contribution in [3.8, 4) is 11.4 Å². The van der Waals surface area contributed by atoms with Crippen LogP contribution in [0.2, 0.25) is 0 Å². The number of furan rings is 1. The van der Waals surface area contributed by atoms with E-state index in [2.05, 4.69) is 178 Å². The smallest absolute Gasteiger partial charge is 0.137 e. The van der Waals surface area contributed by atoms with Crippen LogP contribution in [0.25, 0.3) is 66.2 Å². The Morgan fingerprint density at radius 2 is 0.979 bits per heavy atom. The molecule has 0 unspecified atom stereocenters. The highest BCUT2D eigenvalue weighted by Gasteiger charge is 2.24. The van der Waals surface area contributed by atoms with Crippen molar-refractivity contribution < 1.29 is 4.42 Å². The molecule has 0 aliphatic carbocycles. The zero-order chi connectivity index (χ0) is 31.6. The third-order valence-electron chi connectivity index (χ3n) is 9.47. The lowest BCUT2D eigenvalue weighted by molar-refractivity contribution is 0.669. The van der Waals surface area contributed by atoms with Gasteiger partial charge in [-0.2, -0.15) is 0 Å². The molecule has 0 N–H and O–H groups in total. The summed E-state index contributed by atoms with van der Waals surface area (Å²) < 4.78 is 11.2. The number of benzene rings is 7. The summed E-state index contributed by atoms with van der Waals surface area (Å²) >= 11 is 0. The van der Waals surface area contributed by atoms with E-state index >= 15 is 0 Å². The van der Waals surface area contributed by atoms with Crippen LogP contribution in [0, 0.1) is 0 Å². The van der Waals surface area contributed by atoms with Crippen molar-refractivity contribution in [2.24, 2.45) is 0 Å². The van der Waals surface area contributed by atoms with Gasteiger partial charge in [0.15, 0.2) is 0 Å². The SMILES string of the molecule is c1ccc(N(c2ccc3c(c2)c2c4ccccc4n(-c4ccccc4)c2n3-c2ccccc2)c2cccc3oc4ccccc4c23)cc1. The number of aromatic nitrogens is 2. The second kappa shape index (κ2) is 10.5. The van der Waals surface area contributed by atoms with E-state index in [1.165, 1.54) is 21.7 Å². The molecule has 10 rings (SSSR count). The van der Waals surface area contributed by atoms with Crippen LogP contribution < -0.4 is 4.90 Å². The minimum atomic E-state index is 0.874. The molecule has 0 aliphatic heterocycles. The first-order valence-corrected chi connectivity index (χ1v) is 16.3. The van der Waals surface area contributed by atoms with Crippen molar-refractivity contribution in [3.05, 3.63) is 176 Å². The van der Waals surface area contributed by atoms with Gasteiger partial charge in [0.2, 0.25) is 0 Å². The van der Waals surface area contributed by atoms with Crippen LogP contribution in [0.4, 0.5) is 17.1 Å². The van der Waals surface area contributed by atoms with Gasteiger partial charge < -0.3 is 9.32 Å². The first kappa shape index (κ1) is 26.7. The van der Waals surface area contributed by atoms with Crippen molar-refractivity contribution in [1.29, 1.82) is 0 Å². The Morgan fingerprint density at radius 1 is 0.396 bits per heavy atom. The summed E-state index contributed by atoms with van der Waals surface area (Å²) in [6.07, 6.45) is 0. The summed E-state index contributed by atoms with van der Waals surface area (Å²) in [7, 11) is 0. The Bertz CT molecular complexity index is 2770. The van der Waals surface area contributed by atoms with E-state index in [4.69, 9.17) is 4.42 Å². The average molecular weight is 616 g/mol. The Balaban J connectivity index is 1.33. The number of rotatable bonds is 5. The summed E-state index contributed by atoms with van der Waals surface area (Å²) in [5.41, 5.74) is 10.7. The largest absolute Gasteiger partial charge is 0.456 e. The molecule has 48 heavy (non-hydrogen) atoms. The molecule has 3 heterocycles. The zero-order valence-corrected chi connectivity index (χ0v) is 26.0. The summed E-state index contributed by atoms with van der Waals surface area (Å²) in [5, 5.41) is 5.86. The van der Waals surface area contributed by atoms with Crippen molar-refractivity contribution in [2.45, 2.75) is 0 Å². The molecule has 0 bridgehead atoms. The quantitative estimate of drug-likeness (QED) is 0.193. The predicted molar refractivity (Wildman–Crippen MR) is 200 cm³/mol. The summed E-state index contributed by atoms with van der Waals surface area (Å²) in [4.78, 5) is 2.37. The van der Waals surface area contributed by atoms with Crippen LogP contribution in [0.1, 0.15) is 0 Å². The van der Waals surface area contributed by atoms with Gasteiger partial charge in [0, 0.05) is 44.3 Å². The van der Waals surface area contributed by atoms with E-state index < -0.39 is 0 Å². The van der Waals surface area contributed by atoms with Gasteiger partial charge in [0.25, 0.3) is 0 Å². The molecular formula is C44H29N3O. The zero-order valence-electron chi connectivity index (χ0n) is 26.0. The van der Waals surface area contributed by atoms with Crippen molar-refractivity contribution in [2.75, 3.05) is 4.90 Å². The fourth-order valence-electron chi connectivity index (χ4n) is 7.50. The Kier molecular flexibility index (Phi) is 5.84. The minimum Gasteiger partial charge on any atom is -0.456 e. The Labute approximate surface area is 276 Å². The molecule has 10 aromatic rings. The predicted octanol–water partition coefficient (Wildman–Crippen LogP) is 12.1. The number of anilines is 3. The normalized spacial score (nSPS) is 11.8. The van der Waals surface area contributed by atoms with E-state index in [0.717, 1.165) is 61.5 Å². The van der Waals surface area contributed by atoms with Gasteiger partial charge in [-0.1, -0.05) is 97.1 Å². The minimum absolute atomic E-state index is 0.874. The summed E-state index contributed by atoms with van der Waals surface area (Å²) in [6, 6.07) is 62.3. The van der Waals surface area contributed by atoms with Gasteiger partial charge in [-0.25, -0.2) is 0 Å². The lowest BCUT2D eigenvalue weighted by Gasteiger charge is -2.26. The third-order valence-corrected chi connectivity index (χ3v) is 9.47. The van der Waals surface area contributed by atoms with Crippen molar-refractivity contribution in [3.63, 3.8) is 0 Å². The molecule has 0 aliphatic rings. The number of hydrogen-bond acceptors (Lipinski definition) is 2. The first-order valence-electron chi connectivity index (χ1n) is 16.3. The van der Waals surface area contributed by atoms with Crippen molar-refractivity contribution in [1.82, 2.24) is 9.13 Å². The fraction of sp³-hybridized carbons (Fsp3) is 0. The van der Waals surface area contributed by atoms with Crippen LogP contribution in [0.15, 0.2) is 180 Å². The highest BCUT2D eigenvalue weighted by atomic mass is 16.3. The molecule has 0 saturated heterocycles. The topological polar surface area (TPSA) is 26.2 Å². The second-order valence-electron chi connectivity index (χ2n) is 12.2. The van der Waals surface area contributed by atoms with Gasteiger partial charge in [-0.05, 0) is 78.9 Å². The maximum absolute atomic E-state index is 6.36. The molecule has 3 aromatic heterocycles. The van der Waals surface area contributed by atoms with Crippen molar-refractivity contribution >= 4 is 71.8 Å². The molecule has 4 nitrogen and oxygen atoms in total. The maximum atomic E-state index is 6.36. The fourth-order valence-corrected chi connectivity index (χ4v) is 7.50. The van der Waals surface area contributed by atoms with E-state index in [9.17, 15) is 0 Å². The maximum Gasteiger partial charge on any atom is 0.137 e. The molecule has 4 heteroatoms. The first-order chi connectivity index (χ1) is 23.8.